The van der Waals surface area contributed by atoms with Crippen LogP contribution in [0.5, 0.6) is 0 Å². The molecule has 6 heteroatoms. The first-order valence-electron chi connectivity index (χ1n) is 34.0. The fraction of sp³-hybridized carbons (Fsp3) is 0.623. The van der Waals surface area contributed by atoms with Crippen molar-refractivity contribution in [3.63, 3.8) is 0 Å². The first kappa shape index (κ1) is 78.0. The number of esters is 3. The maximum absolute atomic E-state index is 12.9. The summed E-state index contributed by atoms with van der Waals surface area (Å²) in [7, 11) is 0. The third kappa shape index (κ3) is 67.7. The monoisotopic (exact) mass is 1140 g/mol. The van der Waals surface area contributed by atoms with Crippen molar-refractivity contribution in [3.8, 4) is 0 Å². The van der Waals surface area contributed by atoms with E-state index in [-0.39, 0.29) is 37.5 Å². The molecule has 0 aliphatic rings. The molecule has 0 aliphatic heterocycles. The van der Waals surface area contributed by atoms with Gasteiger partial charge in [0.25, 0.3) is 0 Å². The van der Waals surface area contributed by atoms with E-state index in [1.165, 1.54) is 103 Å². The van der Waals surface area contributed by atoms with Gasteiger partial charge in [0.1, 0.15) is 13.2 Å². The molecule has 0 fully saturated rings. The third-order valence-electron chi connectivity index (χ3n) is 14.0. The van der Waals surface area contributed by atoms with Crippen LogP contribution in [-0.4, -0.2) is 37.2 Å². The molecule has 0 rings (SSSR count). The van der Waals surface area contributed by atoms with Gasteiger partial charge in [0.05, 0.1) is 0 Å². The fourth-order valence-electron chi connectivity index (χ4n) is 9.04. The first-order valence-corrected chi connectivity index (χ1v) is 34.0. The molecule has 0 amide bonds. The lowest BCUT2D eigenvalue weighted by Gasteiger charge is -2.18. The second-order valence-corrected chi connectivity index (χ2v) is 21.9. The molecule has 0 heterocycles. The molecule has 0 N–H and O–H groups in total. The van der Waals surface area contributed by atoms with Crippen molar-refractivity contribution in [2.75, 3.05) is 13.2 Å². The Balaban J connectivity index is 4.32. The molecular weight excluding hydrogens is 1020 g/mol. The average molecular weight is 1150 g/mol. The minimum Gasteiger partial charge on any atom is -0.462 e. The molecule has 0 saturated heterocycles. The van der Waals surface area contributed by atoms with Crippen molar-refractivity contribution < 1.29 is 28.6 Å². The molecule has 83 heavy (non-hydrogen) atoms. The molecule has 0 radical (unpaired) electrons. The maximum atomic E-state index is 12.9. The first-order chi connectivity index (χ1) is 41.0. The SMILES string of the molecule is CC/C=C\C/C=C\C/C=C\C/C=C\C/C=C\C/C=C\CCCCC(=O)OC(COC(=O)CCCCC/C=C\C/C=C\C/C=C\CC)COC(=O)CCCCCCCCCCCCCCCCCCCC/C=C\C/C=C\C/C=C\C/C=C\CC. The van der Waals surface area contributed by atoms with E-state index in [4.69, 9.17) is 14.2 Å². The molecule has 0 aliphatic carbocycles. The van der Waals surface area contributed by atoms with Gasteiger partial charge in [0.15, 0.2) is 6.10 Å². The molecule has 0 saturated carbocycles. The van der Waals surface area contributed by atoms with Crippen molar-refractivity contribution >= 4 is 17.9 Å². The zero-order valence-electron chi connectivity index (χ0n) is 53.7. The number of unbranched alkanes of at least 4 members (excludes halogenated alkanes) is 23. The predicted octanol–water partition coefficient (Wildman–Crippen LogP) is 23.7. The molecule has 0 spiro atoms. The van der Waals surface area contributed by atoms with Crippen LogP contribution in [0.3, 0.4) is 0 Å². The van der Waals surface area contributed by atoms with Gasteiger partial charge in [0.2, 0.25) is 0 Å². The van der Waals surface area contributed by atoms with Gasteiger partial charge in [-0.25, -0.2) is 0 Å². The summed E-state index contributed by atoms with van der Waals surface area (Å²) in [6.07, 6.45) is 101. The average Bonchev–Trinajstić information content (AvgIpc) is 3.49. The molecule has 0 aromatic rings. The van der Waals surface area contributed by atoms with Gasteiger partial charge >= 0.3 is 17.9 Å². The highest BCUT2D eigenvalue weighted by Gasteiger charge is 2.19. The van der Waals surface area contributed by atoms with E-state index in [0.29, 0.717) is 19.3 Å². The number of rotatable bonds is 60. The highest BCUT2D eigenvalue weighted by atomic mass is 16.6. The maximum Gasteiger partial charge on any atom is 0.306 e. The Labute approximate surface area is 511 Å². The summed E-state index contributed by atoms with van der Waals surface area (Å²) in [5.74, 6) is -0.982. The Morgan fingerprint density at radius 3 is 0.711 bits per heavy atom. The van der Waals surface area contributed by atoms with Crippen LogP contribution in [0, 0.1) is 0 Å². The summed E-state index contributed by atoms with van der Waals surface area (Å²) >= 11 is 0. The van der Waals surface area contributed by atoms with Gasteiger partial charge in [-0.3, -0.25) is 14.4 Å². The van der Waals surface area contributed by atoms with E-state index in [2.05, 4.69) is 179 Å². The standard InChI is InChI=1S/C77H124O6/c1-4-7-10-13-16-19-22-25-27-29-31-33-34-35-36-37-38-39-40-41-42-44-45-47-49-52-55-58-61-64-67-70-76(79)82-73-74(72-81-75(78)69-66-63-60-57-54-51-24-21-18-15-12-9-6-3)83-77(80)71-68-65-62-59-56-53-50-48-46-43-32-30-28-26-23-20-17-14-11-8-5-2/h7-12,16-21,25-28,31-33,43,48,50-51,54,56,59,74H,4-6,13-15,22-24,29-30,34-42,44-47,49,52-53,55,57-58,60-73H2,1-3H3/b10-7-,11-8-,12-9-,19-16-,20-17-,21-18-,27-25-,28-26-,33-31-,43-32-,50-48-,54-51-,59-56-. The Bertz CT molecular complexity index is 1840. The predicted molar refractivity (Wildman–Crippen MR) is 362 cm³/mol. The summed E-state index contributed by atoms with van der Waals surface area (Å²) in [4.78, 5) is 38.3. The molecule has 0 aromatic carbocycles. The second kappa shape index (κ2) is 69.5. The van der Waals surface area contributed by atoms with Crippen molar-refractivity contribution in [1.82, 2.24) is 0 Å². The van der Waals surface area contributed by atoms with Gasteiger partial charge in [-0.1, -0.05) is 288 Å². The summed E-state index contributed by atoms with van der Waals surface area (Å²) in [5.41, 5.74) is 0. The van der Waals surface area contributed by atoms with E-state index in [0.717, 1.165) is 141 Å². The number of hydrogen-bond donors (Lipinski definition) is 0. The van der Waals surface area contributed by atoms with Crippen molar-refractivity contribution in [2.24, 2.45) is 0 Å². The lowest BCUT2D eigenvalue weighted by Crippen LogP contribution is -2.30. The lowest BCUT2D eigenvalue weighted by molar-refractivity contribution is -0.167. The van der Waals surface area contributed by atoms with E-state index in [1.807, 2.05) is 0 Å². The minimum absolute atomic E-state index is 0.109. The smallest absolute Gasteiger partial charge is 0.306 e. The Morgan fingerprint density at radius 2 is 0.434 bits per heavy atom. The summed E-state index contributed by atoms with van der Waals surface area (Å²) in [5, 5.41) is 0. The van der Waals surface area contributed by atoms with E-state index >= 15 is 0 Å². The molecule has 1 unspecified atom stereocenters. The molecule has 0 aromatic heterocycles. The van der Waals surface area contributed by atoms with Crippen LogP contribution in [0.15, 0.2) is 158 Å². The Kier molecular flexibility index (Phi) is 65.4. The summed E-state index contributed by atoms with van der Waals surface area (Å²) in [6, 6.07) is 0. The normalized spacial score (nSPS) is 13.1. The number of carbonyl (C=O) groups is 3. The van der Waals surface area contributed by atoms with Crippen LogP contribution in [0.2, 0.25) is 0 Å². The van der Waals surface area contributed by atoms with Gasteiger partial charge in [-0.05, 0) is 141 Å². The number of allylic oxidation sites excluding steroid dienone is 26. The van der Waals surface area contributed by atoms with Crippen molar-refractivity contribution in [2.45, 2.75) is 297 Å². The van der Waals surface area contributed by atoms with Crippen LogP contribution in [-0.2, 0) is 28.6 Å². The topological polar surface area (TPSA) is 78.9 Å². The van der Waals surface area contributed by atoms with Crippen molar-refractivity contribution in [3.05, 3.63) is 158 Å². The van der Waals surface area contributed by atoms with Gasteiger partial charge < -0.3 is 14.2 Å². The largest absolute Gasteiger partial charge is 0.462 e. The van der Waals surface area contributed by atoms with E-state index in [9.17, 15) is 14.4 Å². The highest BCUT2D eigenvalue weighted by Crippen LogP contribution is 2.16. The number of ether oxygens (including phenoxy) is 3. The molecule has 1 atom stereocenters. The van der Waals surface area contributed by atoms with Crippen molar-refractivity contribution in [1.29, 1.82) is 0 Å². The summed E-state index contributed by atoms with van der Waals surface area (Å²) < 4.78 is 16.9. The zero-order valence-corrected chi connectivity index (χ0v) is 53.7. The van der Waals surface area contributed by atoms with Gasteiger partial charge in [-0.2, -0.15) is 0 Å². The van der Waals surface area contributed by atoms with E-state index in [1.54, 1.807) is 0 Å². The number of hydrogen-bond acceptors (Lipinski definition) is 6. The third-order valence-corrected chi connectivity index (χ3v) is 14.0. The fourth-order valence-corrected chi connectivity index (χ4v) is 9.04. The van der Waals surface area contributed by atoms with Crippen LogP contribution in [0.1, 0.15) is 290 Å². The zero-order chi connectivity index (χ0) is 59.9. The summed E-state index contributed by atoms with van der Waals surface area (Å²) in [6.45, 7) is 6.25. The number of carbonyl (C=O) groups excluding carboxylic acids is 3. The van der Waals surface area contributed by atoms with Gasteiger partial charge in [-0.15, -0.1) is 0 Å². The van der Waals surface area contributed by atoms with Crippen LogP contribution >= 0.6 is 0 Å². The van der Waals surface area contributed by atoms with E-state index < -0.39 is 6.10 Å². The molecule has 0 bridgehead atoms. The Morgan fingerprint density at radius 1 is 0.241 bits per heavy atom. The quantitative estimate of drug-likeness (QED) is 0.0261. The second-order valence-electron chi connectivity index (χ2n) is 21.9. The molecular formula is C77H124O6. The van der Waals surface area contributed by atoms with Crippen LogP contribution in [0.25, 0.3) is 0 Å². The van der Waals surface area contributed by atoms with Gasteiger partial charge in [0, 0.05) is 19.3 Å². The van der Waals surface area contributed by atoms with Crippen LogP contribution < -0.4 is 0 Å². The molecule has 6 nitrogen and oxygen atoms in total. The minimum atomic E-state index is -0.820. The Hall–Kier alpha value is -4.97. The van der Waals surface area contributed by atoms with Crippen LogP contribution in [0.4, 0.5) is 0 Å². The lowest BCUT2D eigenvalue weighted by atomic mass is 10.0. The molecule has 468 valence electrons. The highest BCUT2D eigenvalue weighted by molar-refractivity contribution is 5.71.